The summed E-state index contributed by atoms with van der Waals surface area (Å²) in [4.78, 5) is 17.5. The molecule has 1 aromatic heterocycles. The first kappa shape index (κ1) is 19.1. The maximum atomic E-state index is 12.3. The smallest absolute Gasteiger partial charge is 0.268 e. The van der Waals surface area contributed by atoms with Gasteiger partial charge in [-0.25, -0.2) is 4.98 Å². The highest BCUT2D eigenvalue weighted by molar-refractivity contribution is 7.15. The predicted molar refractivity (Wildman–Crippen MR) is 110 cm³/mol. The minimum atomic E-state index is -0.494. The van der Waals surface area contributed by atoms with Gasteiger partial charge in [-0.15, -0.1) is 11.3 Å². The molecule has 0 bridgehead atoms. The Bertz CT molecular complexity index is 1040. The zero-order chi connectivity index (χ0) is 19.2. The van der Waals surface area contributed by atoms with E-state index in [-0.39, 0.29) is 5.57 Å². The monoisotopic (exact) mass is 413 g/mol. The van der Waals surface area contributed by atoms with Gasteiger partial charge >= 0.3 is 0 Å². The number of rotatable bonds is 5. The normalized spacial score (nSPS) is 11.1. The van der Waals surface area contributed by atoms with Crippen molar-refractivity contribution in [1.29, 1.82) is 5.26 Å². The van der Waals surface area contributed by atoms with E-state index >= 15 is 0 Å². The van der Waals surface area contributed by atoms with Crippen LogP contribution in [0.1, 0.15) is 16.0 Å². The van der Waals surface area contributed by atoms with Gasteiger partial charge in [0.15, 0.2) is 5.13 Å². The Balaban J connectivity index is 1.70. The second-order valence-corrected chi connectivity index (χ2v) is 7.54. The molecule has 3 rings (SSSR count). The van der Waals surface area contributed by atoms with Crippen LogP contribution in [0.4, 0.5) is 5.13 Å². The van der Waals surface area contributed by atoms with Gasteiger partial charge in [0.1, 0.15) is 11.6 Å². The summed E-state index contributed by atoms with van der Waals surface area (Å²) in [6, 6.07) is 16.4. The lowest BCUT2D eigenvalue weighted by atomic mass is 10.1. The number of hydrogen-bond donors (Lipinski definition) is 1. The first-order chi connectivity index (χ1) is 13.0. The van der Waals surface area contributed by atoms with Crippen molar-refractivity contribution >= 4 is 51.7 Å². The van der Waals surface area contributed by atoms with Crippen molar-refractivity contribution in [3.63, 3.8) is 0 Å². The number of nitrogens with one attached hydrogen (secondary N) is 1. The lowest BCUT2D eigenvalue weighted by Crippen LogP contribution is -2.13. The molecule has 27 heavy (non-hydrogen) atoms. The molecule has 0 fully saturated rings. The molecule has 134 valence electrons. The molecule has 1 N–H and O–H groups in total. The molecule has 0 aliphatic carbocycles. The van der Waals surface area contributed by atoms with E-state index < -0.39 is 5.91 Å². The maximum absolute atomic E-state index is 12.3. The van der Waals surface area contributed by atoms with Crippen LogP contribution in [0.2, 0.25) is 10.0 Å². The molecule has 1 heterocycles. The van der Waals surface area contributed by atoms with E-state index in [1.165, 1.54) is 17.4 Å². The Morgan fingerprint density at radius 3 is 2.70 bits per heavy atom. The second-order valence-electron chi connectivity index (χ2n) is 5.58. The van der Waals surface area contributed by atoms with E-state index in [4.69, 9.17) is 23.2 Å². The summed E-state index contributed by atoms with van der Waals surface area (Å²) in [6.07, 6.45) is 3.80. The van der Waals surface area contributed by atoms with Gasteiger partial charge in [0.2, 0.25) is 0 Å². The van der Waals surface area contributed by atoms with E-state index in [2.05, 4.69) is 10.3 Å². The quantitative estimate of drug-likeness (QED) is 0.438. The van der Waals surface area contributed by atoms with Gasteiger partial charge in [-0.05, 0) is 29.3 Å². The van der Waals surface area contributed by atoms with Crippen molar-refractivity contribution in [2.45, 2.75) is 6.42 Å². The number of halogens is 2. The van der Waals surface area contributed by atoms with E-state index in [0.717, 1.165) is 16.0 Å². The van der Waals surface area contributed by atoms with Gasteiger partial charge in [0, 0.05) is 27.5 Å². The number of thiazole rings is 1. The van der Waals surface area contributed by atoms with Crippen LogP contribution >= 0.6 is 34.5 Å². The zero-order valence-corrected chi connectivity index (χ0v) is 16.3. The average molecular weight is 414 g/mol. The SMILES string of the molecule is N#C/C(=C\c1ccccc1)C(=O)Nc1ncc(Cc2ccc(Cl)cc2Cl)s1. The average Bonchev–Trinajstić information content (AvgIpc) is 3.09. The molecule has 0 spiro atoms. The molecule has 0 radical (unpaired) electrons. The Hall–Kier alpha value is -2.65. The van der Waals surface area contributed by atoms with Crippen LogP contribution in [-0.4, -0.2) is 10.9 Å². The van der Waals surface area contributed by atoms with Crippen LogP contribution in [0.5, 0.6) is 0 Å². The van der Waals surface area contributed by atoms with Gasteiger partial charge in [0.05, 0.1) is 0 Å². The van der Waals surface area contributed by atoms with Crippen LogP contribution in [0.25, 0.3) is 6.08 Å². The molecular weight excluding hydrogens is 401 g/mol. The number of benzene rings is 2. The molecule has 7 heteroatoms. The molecule has 1 amide bonds. The standard InChI is InChI=1S/C20H13Cl2N3OS/c21-16-7-6-14(18(22)10-16)9-17-12-24-20(27-17)25-19(26)15(11-23)8-13-4-2-1-3-5-13/h1-8,10,12H,9H2,(H,24,25,26)/b15-8+. The fourth-order valence-corrected chi connectivity index (χ4v) is 3.63. The van der Waals surface area contributed by atoms with Crippen LogP contribution in [0.15, 0.2) is 60.3 Å². The van der Waals surface area contributed by atoms with E-state index in [0.29, 0.717) is 21.6 Å². The van der Waals surface area contributed by atoms with Crippen LogP contribution in [-0.2, 0) is 11.2 Å². The van der Waals surface area contributed by atoms with Crippen LogP contribution < -0.4 is 5.32 Å². The number of hydrogen-bond acceptors (Lipinski definition) is 4. The number of carbonyl (C=O) groups excluding carboxylic acids is 1. The Kier molecular flexibility index (Phi) is 6.25. The molecule has 2 aromatic carbocycles. The Morgan fingerprint density at radius 2 is 2.00 bits per heavy atom. The summed E-state index contributed by atoms with van der Waals surface area (Å²) in [5.74, 6) is -0.494. The second kappa shape index (κ2) is 8.83. The van der Waals surface area contributed by atoms with Crippen molar-refractivity contribution in [1.82, 2.24) is 4.98 Å². The summed E-state index contributed by atoms with van der Waals surface area (Å²) in [7, 11) is 0. The number of aromatic nitrogens is 1. The van der Waals surface area contributed by atoms with Gasteiger partial charge in [-0.2, -0.15) is 5.26 Å². The van der Waals surface area contributed by atoms with E-state index in [1.54, 1.807) is 18.3 Å². The third kappa shape index (κ3) is 5.18. The van der Waals surface area contributed by atoms with Crippen molar-refractivity contribution in [2.24, 2.45) is 0 Å². The molecule has 0 atom stereocenters. The lowest BCUT2D eigenvalue weighted by molar-refractivity contribution is -0.112. The molecule has 4 nitrogen and oxygen atoms in total. The summed E-state index contributed by atoms with van der Waals surface area (Å²) < 4.78 is 0. The summed E-state index contributed by atoms with van der Waals surface area (Å²) in [5.41, 5.74) is 1.71. The first-order valence-corrected chi connectivity index (χ1v) is 9.49. The molecule has 0 saturated heterocycles. The molecule has 0 aliphatic rings. The number of nitriles is 1. The molecule has 0 saturated carbocycles. The fraction of sp³-hybridized carbons (Fsp3) is 0.0500. The van der Waals surface area contributed by atoms with Gasteiger partial charge in [-0.3, -0.25) is 10.1 Å². The summed E-state index contributed by atoms with van der Waals surface area (Å²) >= 11 is 13.4. The fourth-order valence-electron chi connectivity index (χ4n) is 2.33. The van der Waals surface area contributed by atoms with Gasteiger partial charge in [-0.1, -0.05) is 59.6 Å². The summed E-state index contributed by atoms with van der Waals surface area (Å²) in [6.45, 7) is 0. The third-order valence-corrected chi connectivity index (χ3v) is 5.13. The van der Waals surface area contributed by atoms with Crippen LogP contribution in [0, 0.1) is 11.3 Å². The van der Waals surface area contributed by atoms with Crippen LogP contribution in [0.3, 0.4) is 0 Å². The van der Waals surface area contributed by atoms with Crippen molar-refractivity contribution < 1.29 is 4.79 Å². The van der Waals surface area contributed by atoms with Crippen molar-refractivity contribution in [3.8, 4) is 6.07 Å². The molecule has 0 unspecified atom stereocenters. The first-order valence-electron chi connectivity index (χ1n) is 7.92. The van der Waals surface area contributed by atoms with Crippen molar-refractivity contribution in [3.05, 3.63) is 86.4 Å². The molecular formula is C20H13Cl2N3OS. The molecule has 3 aromatic rings. The Morgan fingerprint density at radius 1 is 1.22 bits per heavy atom. The Labute approximate surface area is 170 Å². The van der Waals surface area contributed by atoms with Crippen molar-refractivity contribution in [2.75, 3.05) is 5.32 Å². The van der Waals surface area contributed by atoms with E-state index in [9.17, 15) is 10.1 Å². The van der Waals surface area contributed by atoms with Gasteiger partial charge < -0.3 is 0 Å². The largest absolute Gasteiger partial charge is 0.297 e. The molecule has 0 aliphatic heterocycles. The zero-order valence-electron chi connectivity index (χ0n) is 13.9. The number of nitrogens with zero attached hydrogens (tertiary/aromatic N) is 2. The summed E-state index contributed by atoms with van der Waals surface area (Å²) in [5, 5.41) is 13.5. The highest BCUT2D eigenvalue weighted by atomic mass is 35.5. The highest BCUT2D eigenvalue weighted by Gasteiger charge is 2.13. The number of carbonyl (C=O) groups is 1. The number of amides is 1. The third-order valence-electron chi connectivity index (χ3n) is 3.63. The van der Waals surface area contributed by atoms with E-state index in [1.807, 2.05) is 42.5 Å². The number of anilines is 1. The minimum Gasteiger partial charge on any atom is -0.297 e. The maximum Gasteiger partial charge on any atom is 0.268 e. The van der Waals surface area contributed by atoms with Gasteiger partial charge in [0.25, 0.3) is 5.91 Å². The predicted octanol–water partition coefficient (Wildman–Crippen LogP) is 5.59. The highest BCUT2D eigenvalue weighted by Crippen LogP contribution is 2.27. The minimum absolute atomic E-state index is 0.0127. The lowest BCUT2D eigenvalue weighted by Gasteiger charge is -2.02. The topological polar surface area (TPSA) is 65.8 Å².